The molecule has 0 atom stereocenters. The quantitative estimate of drug-likeness (QED) is 0.193. The van der Waals surface area contributed by atoms with Crippen LogP contribution in [0.1, 0.15) is 25.0 Å². The summed E-state index contributed by atoms with van der Waals surface area (Å²) in [7, 11) is 0. The molecule has 1 aliphatic carbocycles. The van der Waals surface area contributed by atoms with Gasteiger partial charge in [0.1, 0.15) is 11.2 Å². The van der Waals surface area contributed by atoms with E-state index >= 15 is 0 Å². The Hall–Kier alpha value is -5.86. The molecule has 0 unspecified atom stereocenters. The largest absolute Gasteiger partial charge is 0.456 e. The van der Waals surface area contributed by atoms with Gasteiger partial charge in [-0.3, -0.25) is 0 Å². The highest BCUT2D eigenvalue weighted by Crippen LogP contribution is 2.53. The normalized spacial score (nSPS) is 13.9. The molecule has 2 aromatic heterocycles. The minimum Gasteiger partial charge on any atom is -0.456 e. The maximum absolute atomic E-state index is 6.27. The smallest absolute Gasteiger partial charge is 0.136 e. The molecule has 0 fully saturated rings. The highest BCUT2D eigenvalue weighted by molar-refractivity contribution is 6.35. The van der Waals surface area contributed by atoms with Crippen LogP contribution in [-0.4, -0.2) is 4.57 Å². The first kappa shape index (κ1) is 25.3. The van der Waals surface area contributed by atoms with Gasteiger partial charge in [-0.25, -0.2) is 0 Å². The number of fused-ring (bicyclic) bond motifs is 6. The molecule has 1 aliphatic rings. The van der Waals surface area contributed by atoms with Crippen molar-refractivity contribution in [3.05, 3.63) is 151 Å². The van der Waals surface area contributed by atoms with Crippen molar-refractivity contribution in [3.8, 4) is 16.8 Å². The highest BCUT2D eigenvalue weighted by atomic mass is 16.3. The van der Waals surface area contributed by atoms with Gasteiger partial charge in [-0.2, -0.15) is 0 Å². The molecule has 47 heavy (non-hydrogen) atoms. The highest BCUT2D eigenvalue weighted by Gasteiger charge is 2.35. The van der Waals surface area contributed by atoms with Crippen molar-refractivity contribution in [1.82, 2.24) is 4.57 Å². The predicted molar refractivity (Wildman–Crippen MR) is 198 cm³/mol. The van der Waals surface area contributed by atoms with E-state index in [0.29, 0.717) is 0 Å². The van der Waals surface area contributed by atoms with Crippen LogP contribution in [0.25, 0.3) is 92.9 Å². The Morgan fingerprint density at radius 2 is 1.09 bits per heavy atom. The van der Waals surface area contributed by atoms with Crippen LogP contribution in [0.2, 0.25) is 0 Å². The number of hydrogen-bond acceptors (Lipinski definition) is 1. The first-order valence-electron chi connectivity index (χ1n) is 16.4. The van der Waals surface area contributed by atoms with E-state index in [1.54, 1.807) is 0 Å². The molecule has 2 nitrogen and oxygen atoms in total. The zero-order valence-corrected chi connectivity index (χ0v) is 26.1. The Morgan fingerprint density at radius 3 is 1.94 bits per heavy atom. The molecule has 0 bridgehead atoms. The van der Waals surface area contributed by atoms with Crippen LogP contribution in [-0.2, 0) is 5.41 Å². The van der Waals surface area contributed by atoms with Crippen LogP contribution in [0.4, 0.5) is 0 Å². The number of aromatic nitrogens is 1. The second-order valence-corrected chi connectivity index (χ2v) is 13.6. The zero-order valence-electron chi connectivity index (χ0n) is 26.1. The minimum absolute atomic E-state index is 0.0938. The van der Waals surface area contributed by atoms with Gasteiger partial charge in [0.15, 0.2) is 0 Å². The van der Waals surface area contributed by atoms with Gasteiger partial charge in [0.2, 0.25) is 0 Å². The number of nitrogens with zero attached hydrogens (tertiary/aromatic N) is 1. The third kappa shape index (κ3) is 3.10. The van der Waals surface area contributed by atoms with Crippen LogP contribution in [0.15, 0.2) is 144 Å². The second kappa shape index (κ2) is 8.69. The number of para-hydroxylation sites is 1. The summed E-state index contributed by atoms with van der Waals surface area (Å²) in [4.78, 5) is 0. The second-order valence-electron chi connectivity index (χ2n) is 13.6. The number of rotatable bonds is 2. The molecule has 11 rings (SSSR count). The van der Waals surface area contributed by atoms with Crippen molar-refractivity contribution in [3.63, 3.8) is 0 Å². The van der Waals surface area contributed by atoms with Crippen molar-refractivity contribution < 1.29 is 4.42 Å². The summed E-state index contributed by atoms with van der Waals surface area (Å²) in [5.41, 5.74) is 10.6. The van der Waals surface area contributed by atoms with E-state index in [2.05, 4.69) is 152 Å². The average molecular weight is 600 g/mol. The number of hydrogen-bond donors (Lipinski definition) is 0. The zero-order chi connectivity index (χ0) is 31.0. The molecule has 2 heterocycles. The lowest BCUT2D eigenvalue weighted by atomic mass is 9.81. The summed E-state index contributed by atoms with van der Waals surface area (Å²) < 4.78 is 8.77. The molecular weight excluding hydrogens is 571 g/mol. The Morgan fingerprint density at radius 1 is 0.447 bits per heavy atom. The molecule has 10 aromatic rings. The Labute approximate surface area is 271 Å². The van der Waals surface area contributed by atoms with Gasteiger partial charge in [0.05, 0.1) is 11.0 Å². The molecule has 220 valence electrons. The minimum atomic E-state index is -0.0938. The van der Waals surface area contributed by atoms with Crippen LogP contribution < -0.4 is 0 Å². The van der Waals surface area contributed by atoms with Crippen molar-refractivity contribution >= 4 is 76.1 Å². The molecule has 2 heteroatoms. The Kier molecular flexibility index (Phi) is 4.68. The SMILES string of the molecule is CC1(C)c2cccc3c4ccccc4c4cccc5c4c4c(c1ccc4n5-c1cccc(-c4cccc5oc6ccccc6c45)c1)c23. The van der Waals surface area contributed by atoms with Crippen LogP contribution >= 0.6 is 0 Å². The maximum Gasteiger partial charge on any atom is 0.136 e. The molecule has 0 radical (unpaired) electrons. The van der Waals surface area contributed by atoms with Crippen molar-refractivity contribution in [2.75, 3.05) is 0 Å². The van der Waals surface area contributed by atoms with Gasteiger partial charge < -0.3 is 8.98 Å². The molecule has 0 saturated carbocycles. The predicted octanol–water partition coefficient (Wildman–Crippen LogP) is 12.4. The van der Waals surface area contributed by atoms with Gasteiger partial charge in [-0.05, 0) is 91.0 Å². The maximum atomic E-state index is 6.27. The van der Waals surface area contributed by atoms with Crippen LogP contribution in [0.5, 0.6) is 0 Å². The first-order valence-corrected chi connectivity index (χ1v) is 16.4. The summed E-state index contributed by atoms with van der Waals surface area (Å²) in [6.07, 6.45) is 0. The molecule has 0 amide bonds. The fourth-order valence-corrected chi connectivity index (χ4v) is 8.93. The van der Waals surface area contributed by atoms with E-state index in [4.69, 9.17) is 4.42 Å². The van der Waals surface area contributed by atoms with Gasteiger partial charge >= 0.3 is 0 Å². The average Bonchev–Trinajstić information content (AvgIpc) is 3.73. The van der Waals surface area contributed by atoms with Crippen molar-refractivity contribution in [2.24, 2.45) is 0 Å². The lowest BCUT2D eigenvalue weighted by molar-refractivity contribution is 0.663. The van der Waals surface area contributed by atoms with Gasteiger partial charge in [-0.15, -0.1) is 0 Å². The Balaban J connectivity index is 1.31. The van der Waals surface area contributed by atoms with Crippen molar-refractivity contribution in [1.29, 1.82) is 0 Å². The molecule has 8 aromatic carbocycles. The molecule has 0 saturated heterocycles. The van der Waals surface area contributed by atoms with Crippen LogP contribution in [0.3, 0.4) is 0 Å². The van der Waals surface area contributed by atoms with Gasteiger partial charge in [-0.1, -0.05) is 117 Å². The third-order valence-corrected chi connectivity index (χ3v) is 10.9. The number of benzene rings is 7. The van der Waals surface area contributed by atoms with Gasteiger partial charge in [0, 0.05) is 32.6 Å². The van der Waals surface area contributed by atoms with Crippen LogP contribution in [0, 0.1) is 0 Å². The first-order chi connectivity index (χ1) is 23.1. The molecule has 0 spiro atoms. The van der Waals surface area contributed by atoms with E-state index in [1.807, 2.05) is 6.07 Å². The van der Waals surface area contributed by atoms with E-state index in [-0.39, 0.29) is 5.41 Å². The summed E-state index contributed by atoms with van der Waals surface area (Å²) >= 11 is 0. The topological polar surface area (TPSA) is 18.1 Å². The lowest BCUT2D eigenvalue weighted by Crippen LogP contribution is -2.15. The fourth-order valence-electron chi connectivity index (χ4n) is 8.93. The van der Waals surface area contributed by atoms with E-state index < -0.39 is 0 Å². The van der Waals surface area contributed by atoms with E-state index in [1.165, 1.54) is 76.4 Å². The molecule has 0 aliphatic heterocycles. The summed E-state index contributed by atoms with van der Waals surface area (Å²) in [6.45, 7) is 4.78. The van der Waals surface area contributed by atoms with E-state index in [0.717, 1.165) is 27.6 Å². The van der Waals surface area contributed by atoms with E-state index in [9.17, 15) is 0 Å². The lowest BCUT2D eigenvalue weighted by Gasteiger charge is -2.22. The molecular formula is C45H29NO. The monoisotopic (exact) mass is 599 g/mol. The standard InChI is InChI=1S/C45H29NO/c1-45(2)34-19-8-17-31-29-13-3-4-14-30(29)32-18-9-20-36-42(32)44-37(24-23-35(45)43(44)41(31)34)46(36)27-12-7-11-26(25-27)28-16-10-22-39-40(28)33-15-5-6-21-38(33)47-39/h3-25H,1-2H3. The summed E-state index contributed by atoms with van der Waals surface area (Å²) in [5.74, 6) is 0. The summed E-state index contributed by atoms with van der Waals surface area (Å²) in [5, 5.41) is 13.0. The fraction of sp³-hybridized carbons (Fsp3) is 0.0667. The summed E-state index contributed by atoms with van der Waals surface area (Å²) in [6, 6.07) is 51.3. The Bertz CT molecular complexity index is 2990. The van der Waals surface area contributed by atoms with Gasteiger partial charge in [0.25, 0.3) is 0 Å². The third-order valence-electron chi connectivity index (χ3n) is 10.9. The molecule has 0 N–H and O–H groups in total. The number of furan rings is 1. The van der Waals surface area contributed by atoms with Crippen molar-refractivity contribution in [2.45, 2.75) is 19.3 Å².